The average Bonchev–Trinajstić information content (AvgIpc) is 2.17. The van der Waals surface area contributed by atoms with Crippen LogP contribution in [-0.4, -0.2) is 16.5 Å². The van der Waals surface area contributed by atoms with Gasteiger partial charge in [0.05, 0.1) is 0 Å². The lowest BCUT2D eigenvalue weighted by molar-refractivity contribution is -0.145. The van der Waals surface area contributed by atoms with Gasteiger partial charge in [-0.25, -0.2) is 0 Å². The Morgan fingerprint density at radius 1 is 1.43 bits per heavy atom. The van der Waals surface area contributed by atoms with Crippen LogP contribution >= 0.6 is 22.6 Å². The van der Waals surface area contributed by atoms with Gasteiger partial charge >= 0.3 is 5.97 Å². The monoisotopic (exact) mass is 304 g/mol. The molecule has 0 aromatic heterocycles. The Morgan fingerprint density at radius 3 is 2.57 bits per heavy atom. The maximum absolute atomic E-state index is 10.8. The minimum Gasteiger partial charge on any atom is -0.461 e. The first-order valence-corrected chi connectivity index (χ1v) is 6.02. The lowest BCUT2D eigenvalue weighted by Gasteiger charge is -2.13. The summed E-state index contributed by atoms with van der Waals surface area (Å²) >= 11 is 2.23. The van der Waals surface area contributed by atoms with E-state index in [1.165, 1.54) is 12.5 Å². The maximum atomic E-state index is 10.8. The van der Waals surface area contributed by atoms with Gasteiger partial charge in [0.1, 0.15) is 6.10 Å². The molecule has 0 radical (unpaired) electrons. The maximum Gasteiger partial charge on any atom is 0.302 e. The molecule has 0 aliphatic carbocycles. The van der Waals surface area contributed by atoms with Gasteiger partial charge in [-0.1, -0.05) is 52.9 Å². The van der Waals surface area contributed by atoms with Gasteiger partial charge < -0.3 is 4.74 Å². The molecule has 0 spiro atoms. The molecule has 1 unspecified atom stereocenters. The van der Waals surface area contributed by atoms with Gasteiger partial charge in [-0.3, -0.25) is 4.79 Å². The molecular weight excluding hydrogens is 291 g/mol. The molecule has 1 aromatic rings. The number of alkyl halides is 1. The predicted octanol–water partition coefficient (Wildman–Crippen LogP) is 2.60. The Balaban J connectivity index is 2.53. The molecule has 0 aliphatic heterocycles. The first-order chi connectivity index (χ1) is 6.72. The minimum atomic E-state index is -0.206. The van der Waals surface area contributed by atoms with Crippen LogP contribution in [0.25, 0.3) is 0 Å². The number of rotatable bonds is 4. The van der Waals surface area contributed by atoms with Gasteiger partial charge in [-0.15, -0.1) is 0 Å². The molecule has 0 amide bonds. The summed E-state index contributed by atoms with van der Waals surface area (Å²) in [6, 6.07) is 10.1. The fraction of sp³-hybridized carbons (Fsp3) is 0.364. The fourth-order valence-corrected chi connectivity index (χ4v) is 1.73. The van der Waals surface area contributed by atoms with Crippen LogP contribution in [0.15, 0.2) is 30.3 Å². The summed E-state index contributed by atoms with van der Waals surface area (Å²) in [6.45, 7) is 1.45. The van der Waals surface area contributed by atoms with Gasteiger partial charge in [-0.2, -0.15) is 0 Å². The number of hydrogen-bond acceptors (Lipinski definition) is 2. The SMILES string of the molecule is CC(=O)OC(CI)Cc1ccccc1. The summed E-state index contributed by atoms with van der Waals surface area (Å²) < 4.78 is 5.98. The van der Waals surface area contributed by atoms with Crippen molar-refractivity contribution in [2.75, 3.05) is 4.43 Å². The van der Waals surface area contributed by atoms with Crippen molar-refractivity contribution >= 4 is 28.6 Å². The molecule has 0 aliphatic rings. The highest BCUT2D eigenvalue weighted by Gasteiger charge is 2.10. The quantitative estimate of drug-likeness (QED) is 0.485. The molecule has 0 bridgehead atoms. The zero-order valence-electron chi connectivity index (χ0n) is 8.07. The molecule has 76 valence electrons. The zero-order chi connectivity index (χ0) is 10.4. The molecule has 14 heavy (non-hydrogen) atoms. The highest BCUT2D eigenvalue weighted by molar-refractivity contribution is 14.1. The number of halogens is 1. The number of hydrogen-bond donors (Lipinski definition) is 0. The van der Waals surface area contributed by atoms with Crippen molar-refractivity contribution in [3.05, 3.63) is 35.9 Å². The molecule has 1 rings (SSSR count). The number of carbonyl (C=O) groups is 1. The first-order valence-electron chi connectivity index (χ1n) is 4.49. The normalized spacial score (nSPS) is 12.1. The lowest BCUT2D eigenvalue weighted by Crippen LogP contribution is -2.20. The Kier molecular flexibility index (Phi) is 4.93. The summed E-state index contributed by atoms with van der Waals surface area (Å²) in [5, 5.41) is 0. The van der Waals surface area contributed by atoms with E-state index in [9.17, 15) is 4.79 Å². The van der Waals surface area contributed by atoms with Crippen LogP contribution in [0.5, 0.6) is 0 Å². The molecule has 3 heteroatoms. The van der Waals surface area contributed by atoms with Crippen LogP contribution in [0.1, 0.15) is 12.5 Å². The van der Waals surface area contributed by atoms with E-state index in [-0.39, 0.29) is 12.1 Å². The Bertz CT molecular complexity index is 285. The first kappa shape index (κ1) is 11.5. The molecule has 2 nitrogen and oxygen atoms in total. The standard InChI is InChI=1S/C11H13IO2/c1-9(13)14-11(8-12)7-10-5-3-2-4-6-10/h2-6,11H,7-8H2,1H3. The lowest BCUT2D eigenvalue weighted by atomic mass is 10.1. The number of esters is 1. The van der Waals surface area contributed by atoms with E-state index in [0.717, 1.165) is 10.8 Å². The molecule has 0 N–H and O–H groups in total. The molecule has 1 aromatic carbocycles. The summed E-state index contributed by atoms with van der Waals surface area (Å²) in [5.74, 6) is -0.206. The van der Waals surface area contributed by atoms with Crippen molar-refractivity contribution in [2.45, 2.75) is 19.4 Å². The number of benzene rings is 1. The second-order valence-corrected chi connectivity index (χ2v) is 3.96. The Morgan fingerprint density at radius 2 is 2.07 bits per heavy atom. The fourth-order valence-electron chi connectivity index (χ4n) is 1.24. The Labute approximate surface area is 97.8 Å². The van der Waals surface area contributed by atoms with Crippen LogP contribution in [0.3, 0.4) is 0 Å². The van der Waals surface area contributed by atoms with Crippen LogP contribution < -0.4 is 0 Å². The van der Waals surface area contributed by atoms with Gasteiger partial charge in [-0.05, 0) is 5.56 Å². The van der Waals surface area contributed by atoms with Crippen molar-refractivity contribution in [3.8, 4) is 0 Å². The van der Waals surface area contributed by atoms with E-state index >= 15 is 0 Å². The van der Waals surface area contributed by atoms with Crippen LogP contribution in [0.2, 0.25) is 0 Å². The van der Waals surface area contributed by atoms with Gasteiger partial charge in [0.2, 0.25) is 0 Å². The number of ether oxygens (including phenoxy) is 1. The average molecular weight is 304 g/mol. The highest BCUT2D eigenvalue weighted by atomic mass is 127. The topological polar surface area (TPSA) is 26.3 Å². The molecule has 0 heterocycles. The van der Waals surface area contributed by atoms with Gasteiger partial charge in [0, 0.05) is 17.8 Å². The summed E-state index contributed by atoms with van der Waals surface area (Å²) in [5.41, 5.74) is 1.20. The molecule has 0 saturated carbocycles. The third-order valence-corrected chi connectivity index (χ3v) is 2.79. The van der Waals surface area contributed by atoms with Crippen molar-refractivity contribution in [3.63, 3.8) is 0 Å². The number of carbonyl (C=O) groups excluding carboxylic acids is 1. The van der Waals surface area contributed by atoms with Crippen molar-refractivity contribution in [1.82, 2.24) is 0 Å². The summed E-state index contributed by atoms with van der Waals surface area (Å²) in [4.78, 5) is 10.8. The van der Waals surface area contributed by atoms with Crippen LogP contribution in [-0.2, 0) is 16.0 Å². The van der Waals surface area contributed by atoms with Crippen LogP contribution in [0.4, 0.5) is 0 Å². The Hall–Kier alpha value is -0.580. The van der Waals surface area contributed by atoms with E-state index < -0.39 is 0 Å². The summed E-state index contributed by atoms with van der Waals surface area (Å²) in [7, 11) is 0. The van der Waals surface area contributed by atoms with E-state index in [1.807, 2.05) is 30.3 Å². The summed E-state index contributed by atoms with van der Waals surface area (Å²) in [6.07, 6.45) is 0.791. The second kappa shape index (κ2) is 6.01. The van der Waals surface area contributed by atoms with E-state index in [1.54, 1.807) is 0 Å². The minimum absolute atomic E-state index is 0.00417. The van der Waals surface area contributed by atoms with Gasteiger partial charge in [0.25, 0.3) is 0 Å². The van der Waals surface area contributed by atoms with E-state index in [2.05, 4.69) is 22.6 Å². The van der Waals surface area contributed by atoms with Crippen molar-refractivity contribution < 1.29 is 9.53 Å². The van der Waals surface area contributed by atoms with Crippen molar-refractivity contribution in [1.29, 1.82) is 0 Å². The molecule has 0 saturated heterocycles. The van der Waals surface area contributed by atoms with Gasteiger partial charge in [0.15, 0.2) is 0 Å². The molecule has 0 fully saturated rings. The third-order valence-electron chi connectivity index (χ3n) is 1.81. The highest BCUT2D eigenvalue weighted by Crippen LogP contribution is 2.08. The largest absolute Gasteiger partial charge is 0.461 e. The van der Waals surface area contributed by atoms with Crippen LogP contribution in [0, 0.1) is 0 Å². The molecule has 1 atom stereocenters. The zero-order valence-corrected chi connectivity index (χ0v) is 10.2. The third kappa shape index (κ3) is 4.09. The van der Waals surface area contributed by atoms with E-state index in [4.69, 9.17) is 4.74 Å². The molecular formula is C11H13IO2. The van der Waals surface area contributed by atoms with E-state index in [0.29, 0.717) is 0 Å². The predicted molar refractivity (Wildman–Crippen MR) is 64.6 cm³/mol. The second-order valence-electron chi connectivity index (χ2n) is 3.08. The smallest absolute Gasteiger partial charge is 0.302 e. The van der Waals surface area contributed by atoms with Crippen molar-refractivity contribution in [2.24, 2.45) is 0 Å².